The smallest absolute Gasteiger partial charge is 0.160 e. The van der Waals surface area contributed by atoms with Crippen molar-refractivity contribution < 1.29 is 4.39 Å². The molecular formula is C16H14FN5S. The third-order valence-corrected chi connectivity index (χ3v) is 4.43. The van der Waals surface area contributed by atoms with Crippen LogP contribution in [0.15, 0.2) is 48.9 Å². The standard InChI is InChI=1S/C16H14FN5S/c1-21-14(9-19-23-21)16-20-13-6-2-5-12(17)15(13)22(16)10-11-4-3-7-18-8-11/h2-9,19H,10H2,1H3. The minimum absolute atomic E-state index is 0.271. The lowest BCUT2D eigenvalue weighted by atomic mass is 10.2. The topological polar surface area (TPSA) is 46.0 Å². The molecule has 1 N–H and O–H groups in total. The van der Waals surface area contributed by atoms with Gasteiger partial charge >= 0.3 is 0 Å². The molecule has 1 aliphatic rings. The van der Waals surface area contributed by atoms with Crippen molar-refractivity contribution in [3.8, 4) is 0 Å². The number of para-hydroxylation sites is 1. The van der Waals surface area contributed by atoms with Crippen LogP contribution in [-0.4, -0.2) is 25.9 Å². The molecule has 0 saturated heterocycles. The molecule has 5 nitrogen and oxygen atoms in total. The van der Waals surface area contributed by atoms with Gasteiger partial charge in [0, 0.05) is 25.6 Å². The number of benzene rings is 1. The highest BCUT2D eigenvalue weighted by molar-refractivity contribution is 7.95. The molecular weight excluding hydrogens is 313 g/mol. The zero-order valence-corrected chi connectivity index (χ0v) is 13.2. The number of nitrogens with one attached hydrogen (secondary N) is 1. The van der Waals surface area contributed by atoms with E-state index >= 15 is 0 Å². The van der Waals surface area contributed by atoms with E-state index in [-0.39, 0.29) is 5.82 Å². The number of nitrogens with zero attached hydrogens (tertiary/aromatic N) is 4. The number of aromatic nitrogens is 3. The zero-order valence-electron chi connectivity index (χ0n) is 12.4. The Morgan fingerprint density at radius 2 is 2.17 bits per heavy atom. The van der Waals surface area contributed by atoms with Gasteiger partial charge in [0.05, 0.1) is 24.2 Å². The van der Waals surface area contributed by atoms with Gasteiger partial charge < -0.3 is 9.29 Å². The van der Waals surface area contributed by atoms with Crippen molar-refractivity contribution in [3.63, 3.8) is 0 Å². The van der Waals surface area contributed by atoms with E-state index in [1.54, 1.807) is 18.5 Å². The molecule has 3 heterocycles. The van der Waals surface area contributed by atoms with Crippen molar-refractivity contribution in [3.05, 3.63) is 66.1 Å². The summed E-state index contributed by atoms with van der Waals surface area (Å²) in [6, 6.07) is 8.83. The normalized spacial score (nSPS) is 14.2. The zero-order chi connectivity index (χ0) is 15.8. The molecule has 0 bridgehead atoms. The molecule has 23 heavy (non-hydrogen) atoms. The van der Waals surface area contributed by atoms with E-state index in [1.165, 1.54) is 18.2 Å². The SMILES string of the molecule is CN1SNC=C1c1nc2cccc(F)c2n1Cc1cccnc1. The van der Waals surface area contributed by atoms with Gasteiger partial charge in [-0.3, -0.25) is 9.29 Å². The van der Waals surface area contributed by atoms with Crippen molar-refractivity contribution in [2.24, 2.45) is 0 Å². The highest BCUT2D eigenvalue weighted by Gasteiger charge is 2.22. The lowest BCUT2D eigenvalue weighted by Crippen LogP contribution is -2.11. The Kier molecular flexibility index (Phi) is 3.42. The number of imidazole rings is 1. The molecule has 0 amide bonds. The number of pyridine rings is 1. The Labute approximate surface area is 137 Å². The maximum atomic E-state index is 14.4. The molecule has 0 saturated carbocycles. The number of fused-ring (bicyclic) bond motifs is 1. The van der Waals surface area contributed by atoms with Crippen LogP contribution in [0.1, 0.15) is 11.4 Å². The summed E-state index contributed by atoms with van der Waals surface area (Å²) in [5.41, 5.74) is 3.07. The second kappa shape index (κ2) is 5.58. The van der Waals surface area contributed by atoms with Crippen molar-refractivity contribution in [2.45, 2.75) is 6.54 Å². The van der Waals surface area contributed by atoms with Crippen LogP contribution in [0.5, 0.6) is 0 Å². The Morgan fingerprint density at radius 1 is 1.26 bits per heavy atom. The Hall–Kier alpha value is -2.54. The maximum Gasteiger partial charge on any atom is 0.160 e. The quantitative estimate of drug-likeness (QED) is 0.749. The summed E-state index contributed by atoms with van der Waals surface area (Å²) in [5.74, 6) is 0.459. The largest absolute Gasteiger partial charge is 0.317 e. The summed E-state index contributed by atoms with van der Waals surface area (Å²) in [5, 5.41) is 0. The van der Waals surface area contributed by atoms with Gasteiger partial charge in [0.25, 0.3) is 0 Å². The van der Waals surface area contributed by atoms with E-state index in [0.717, 1.165) is 17.1 Å². The maximum absolute atomic E-state index is 14.4. The second-order valence-corrected chi connectivity index (χ2v) is 6.19. The van der Waals surface area contributed by atoms with Gasteiger partial charge in [-0.2, -0.15) is 0 Å². The molecule has 0 aliphatic carbocycles. The van der Waals surface area contributed by atoms with Gasteiger partial charge in [0.15, 0.2) is 5.82 Å². The van der Waals surface area contributed by atoms with Crippen LogP contribution in [0.25, 0.3) is 16.7 Å². The average Bonchev–Trinajstić information content (AvgIpc) is 3.13. The number of rotatable bonds is 3. The fourth-order valence-electron chi connectivity index (χ4n) is 2.67. The van der Waals surface area contributed by atoms with Gasteiger partial charge in [-0.1, -0.05) is 12.1 Å². The van der Waals surface area contributed by atoms with Gasteiger partial charge in [-0.25, -0.2) is 9.37 Å². The Bertz CT molecular complexity index is 890. The summed E-state index contributed by atoms with van der Waals surface area (Å²) < 4.78 is 21.4. The highest BCUT2D eigenvalue weighted by Crippen LogP contribution is 2.31. The molecule has 0 spiro atoms. The van der Waals surface area contributed by atoms with E-state index in [4.69, 9.17) is 0 Å². The van der Waals surface area contributed by atoms with E-state index in [1.807, 2.05) is 40.3 Å². The Balaban J connectivity index is 1.91. The lowest BCUT2D eigenvalue weighted by Gasteiger charge is -2.15. The third-order valence-electron chi connectivity index (χ3n) is 3.73. The van der Waals surface area contributed by atoms with E-state index in [2.05, 4.69) is 14.7 Å². The molecule has 4 rings (SSSR count). The second-order valence-electron chi connectivity index (χ2n) is 5.23. The van der Waals surface area contributed by atoms with Crippen LogP contribution >= 0.6 is 12.1 Å². The molecule has 0 fully saturated rings. The molecule has 116 valence electrons. The number of hydrogen-bond donors (Lipinski definition) is 1. The number of hydrogen-bond acceptors (Lipinski definition) is 5. The third kappa shape index (κ3) is 2.43. The van der Waals surface area contributed by atoms with E-state index in [0.29, 0.717) is 17.6 Å². The first-order valence-corrected chi connectivity index (χ1v) is 7.92. The van der Waals surface area contributed by atoms with Crippen LogP contribution < -0.4 is 4.72 Å². The van der Waals surface area contributed by atoms with Gasteiger partial charge in [-0.05, 0) is 23.8 Å². The van der Waals surface area contributed by atoms with Gasteiger partial charge in [0.2, 0.25) is 0 Å². The lowest BCUT2D eigenvalue weighted by molar-refractivity contribution is 0.626. The molecule has 0 atom stereocenters. The van der Waals surface area contributed by atoms with Crippen LogP contribution in [0, 0.1) is 5.82 Å². The van der Waals surface area contributed by atoms with Crippen LogP contribution in [0.4, 0.5) is 4.39 Å². The minimum atomic E-state index is -0.271. The van der Waals surface area contributed by atoms with E-state index < -0.39 is 0 Å². The minimum Gasteiger partial charge on any atom is -0.317 e. The van der Waals surface area contributed by atoms with Crippen molar-refractivity contribution in [1.82, 2.24) is 23.6 Å². The summed E-state index contributed by atoms with van der Waals surface area (Å²) in [6.07, 6.45) is 5.39. The van der Waals surface area contributed by atoms with Crippen LogP contribution in [0.2, 0.25) is 0 Å². The van der Waals surface area contributed by atoms with E-state index in [9.17, 15) is 4.39 Å². The van der Waals surface area contributed by atoms with Gasteiger partial charge in [-0.15, -0.1) is 0 Å². The first-order chi connectivity index (χ1) is 11.2. The molecule has 0 unspecified atom stereocenters. The van der Waals surface area contributed by atoms with Gasteiger partial charge in [0.1, 0.15) is 17.0 Å². The van der Waals surface area contributed by atoms with Crippen LogP contribution in [0.3, 0.4) is 0 Å². The molecule has 1 aromatic carbocycles. The van der Waals surface area contributed by atoms with Crippen LogP contribution in [-0.2, 0) is 6.54 Å². The number of halogens is 1. The fourth-order valence-corrected chi connectivity index (χ4v) is 3.23. The predicted octanol–water partition coefficient (Wildman–Crippen LogP) is 3.02. The molecule has 7 heteroatoms. The monoisotopic (exact) mass is 327 g/mol. The summed E-state index contributed by atoms with van der Waals surface area (Å²) in [4.78, 5) is 8.78. The molecule has 1 aliphatic heterocycles. The average molecular weight is 327 g/mol. The van der Waals surface area contributed by atoms with Crippen molar-refractivity contribution in [1.29, 1.82) is 0 Å². The summed E-state index contributed by atoms with van der Waals surface area (Å²) in [7, 11) is 1.95. The first kappa shape index (κ1) is 14.1. The predicted molar refractivity (Wildman–Crippen MR) is 89.5 cm³/mol. The first-order valence-electron chi connectivity index (χ1n) is 7.14. The summed E-state index contributed by atoms with van der Waals surface area (Å²) >= 11 is 1.46. The summed E-state index contributed by atoms with van der Waals surface area (Å²) in [6.45, 7) is 0.510. The molecule has 3 aromatic rings. The molecule has 0 radical (unpaired) electrons. The Morgan fingerprint density at radius 3 is 2.91 bits per heavy atom. The molecule has 2 aromatic heterocycles. The highest BCUT2D eigenvalue weighted by atomic mass is 32.2. The van der Waals surface area contributed by atoms with Crippen molar-refractivity contribution >= 4 is 28.9 Å². The fraction of sp³-hybridized carbons (Fsp3) is 0.125. The van der Waals surface area contributed by atoms with Crippen molar-refractivity contribution in [2.75, 3.05) is 7.05 Å².